The van der Waals surface area contributed by atoms with E-state index in [9.17, 15) is 18.5 Å². The van der Waals surface area contributed by atoms with E-state index in [2.05, 4.69) is 5.32 Å². The molecule has 2 aromatic rings. The van der Waals surface area contributed by atoms with Gasteiger partial charge in [-0.15, -0.1) is 0 Å². The molecule has 180 valence electrons. The average molecular weight is 484 g/mol. The standard InChI is InChI=1S/C25H29N3O5S/c1-17(2)24(19-7-8-21-22(15-19)33-14-13-32-21)27-25(29)18-9-11-28(12-10-18)34(30,31)23-6-4-3-5-20(23)16-26/h3-8,15,17-18,24H,9-14H2,1-2H3,(H,27,29)/t24-/m1/s1. The Morgan fingerprint density at radius 3 is 2.44 bits per heavy atom. The summed E-state index contributed by atoms with van der Waals surface area (Å²) in [6.45, 7) is 5.57. The van der Waals surface area contributed by atoms with Gasteiger partial charge in [-0.2, -0.15) is 9.57 Å². The molecule has 2 aromatic carbocycles. The summed E-state index contributed by atoms with van der Waals surface area (Å²) in [6.07, 6.45) is 0.845. The van der Waals surface area contributed by atoms with Gasteiger partial charge in [-0.1, -0.05) is 32.0 Å². The van der Waals surface area contributed by atoms with Crippen LogP contribution in [0.4, 0.5) is 0 Å². The molecular formula is C25H29N3O5S. The molecular weight excluding hydrogens is 454 g/mol. The fourth-order valence-corrected chi connectivity index (χ4v) is 6.05. The van der Waals surface area contributed by atoms with E-state index in [1.54, 1.807) is 12.1 Å². The fraction of sp³-hybridized carbons (Fsp3) is 0.440. The zero-order valence-corrected chi connectivity index (χ0v) is 20.2. The van der Waals surface area contributed by atoms with E-state index < -0.39 is 10.0 Å². The highest BCUT2D eigenvalue weighted by Crippen LogP contribution is 2.35. The molecule has 1 N–H and O–H groups in total. The van der Waals surface area contributed by atoms with E-state index in [0.717, 1.165) is 5.56 Å². The first kappa shape index (κ1) is 24.0. The Bertz CT molecular complexity index is 1200. The molecule has 0 bridgehead atoms. The number of rotatable bonds is 6. The molecule has 1 amide bonds. The number of hydrogen-bond donors (Lipinski definition) is 1. The molecule has 2 aliphatic rings. The fourth-order valence-electron chi connectivity index (χ4n) is 4.44. The maximum Gasteiger partial charge on any atom is 0.244 e. The Labute approximate surface area is 200 Å². The van der Waals surface area contributed by atoms with Crippen LogP contribution in [-0.2, 0) is 14.8 Å². The lowest BCUT2D eigenvalue weighted by Gasteiger charge is -2.32. The molecule has 34 heavy (non-hydrogen) atoms. The van der Waals surface area contributed by atoms with Crippen LogP contribution in [0.2, 0.25) is 0 Å². The van der Waals surface area contributed by atoms with Crippen LogP contribution < -0.4 is 14.8 Å². The Balaban J connectivity index is 1.42. The minimum absolute atomic E-state index is 0.0129. The van der Waals surface area contributed by atoms with Crippen LogP contribution in [0.15, 0.2) is 47.4 Å². The van der Waals surface area contributed by atoms with Crippen molar-refractivity contribution in [1.29, 1.82) is 5.26 Å². The van der Waals surface area contributed by atoms with Crippen molar-refractivity contribution in [2.75, 3.05) is 26.3 Å². The summed E-state index contributed by atoms with van der Waals surface area (Å²) in [4.78, 5) is 13.1. The first-order valence-electron chi connectivity index (χ1n) is 11.5. The van der Waals surface area contributed by atoms with Crippen LogP contribution in [0.3, 0.4) is 0 Å². The molecule has 0 radical (unpaired) electrons. The summed E-state index contributed by atoms with van der Waals surface area (Å²) in [5, 5.41) is 12.4. The number of ether oxygens (including phenoxy) is 2. The number of sulfonamides is 1. The lowest BCUT2D eigenvalue weighted by molar-refractivity contribution is -0.127. The normalized spacial score (nSPS) is 17.7. The third kappa shape index (κ3) is 4.88. The van der Waals surface area contributed by atoms with Crippen LogP contribution in [0.1, 0.15) is 43.9 Å². The van der Waals surface area contributed by atoms with E-state index >= 15 is 0 Å². The summed E-state index contributed by atoms with van der Waals surface area (Å²) in [5.74, 6) is 1.17. The molecule has 9 heteroatoms. The second-order valence-electron chi connectivity index (χ2n) is 8.92. The largest absolute Gasteiger partial charge is 0.486 e. The van der Waals surface area contributed by atoms with Gasteiger partial charge in [-0.05, 0) is 48.6 Å². The minimum Gasteiger partial charge on any atom is -0.486 e. The lowest BCUT2D eigenvalue weighted by Crippen LogP contribution is -2.44. The van der Waals surface area contributed by atoms with Crippen LogP contribution >= 0.6 is 0 Å². The van der Waals surface area contributed by atoms with E-state index in [1.165, 1.54) is 16.4 Å². The molecule has 1 saturated heterocycles. The highest BCUT2D eigenvalue weighted by atomic mass is 32.2. The van der Waals surface area contributed by atoms with E-state index in [4.69, 9.17) is 9.47 Å². The number of nitriles is 1. The minimum atomic E-state index is -3.79. The Hall–Kier alpha value is -3.09. The van der Waals surface area contributed by atoms with Crippen molar-refractivity contribution in [2.24, 2.45) is 11.8 Å². The number of benzene rings is 2. The summed E-state index contributed by atoms with van der Waals surface area (Å²) >= 11 is 0. The molecule has 1 fully saturated rings. The average Bonchev–Trinajstić information content (AvgIpc) is 2.86. The van der Waals surface area contributed by atoms with Gasteiger partial charge in [-0.25, -0.2) is 8.42 Å². The van der Waals surface area contributed by atoms with Gasteiger partial charge in [0.2, 0.25) is 15.9 Å². The predicted molar refractivity (Wildman–Crippen MR) is 126 cm³/mol. The van der Waals surface area contributed by atoms with Crippen molar-refractivity contribution in [3.63, 3.8) is 0 Å². The zero-order valence-electron chi connectivity index (χ0n) is 19.4. The third-order valence-corrected chi connectivity index (χ3v) is 8.30. The van der Waals surface area contributed by atoms with Gasteiger partial charge in [0.1, 0.15) is 19.3 Å². The van der Waals surface area contributed by atoms with Crippen molar-refractivity contribution >= 4 is 15.9 Å². The number of nitrogens with zero attached hydrogens (tertiary/aromatic N) is 2. The SMILES string of the molecule is CC(C)[C@@H](NC(=O)C1CCN(S(=O)(=O)c2ccccc2C#N)CC1)c1ccc2c(c1)OCCO2. The topological polar surface area (TPSA) is 109 Å². The quantitative estimate of drug-likeness (QED) is 0.676. The molecule has 1 atom stereocenters. The van der Waals surface area contributed by atoms with Gasteiger partial charge < -0.3 is 14.8 Å². The van der Waals surface area contributed by atoms with E-state index in [1.807, 2.05) is 38.1 Å². The Morgan fingerprint density at radius 1 is 1.09 bits per heavy atom. The molecule has 4 rings (SSSR count). The summed E-state index contributed by atoms with van der Waals surface area (Å²) in [5.41, 5.74) is 1.07. The molecule has 8 nitrogen and oxygen atoms in total. The number of carbonyl (C=O) groups is 1. The molecule has 2 aliphatic heterocycles. The molecule has 0 unspecified atom stereocenters. The first-order chi connectivity index (χ1) is 16.3. The molecule has 0 spiro atoms. The molecule has 0 saturated carbocycles. The highest BCUT2D eigenvalue weighted by Gasteiger charge is 2.34. The number of nitrogens with one attached hydrogen (secondary N) is 1. The summed E-state index contributed by atoms with van der Waals surface area (Å²) < 4.78 is 38.8. The Morgan fingerprint density at radius 2 is 1.76 bits per heavy atom. The maximum absolute atomic E-state index is 13.1. The van der Waals surface area contributed by atoms with Crippen molar-refractivity contribution in [3.05, 3.63) is 53.6 Å². The Kier molecular flexibility index (Phi) is 7.10. The number of piperidine rings is 1. The van der Waals surface area contributed by atoms with Crippen LogP contribution in [0.25, 0.3) is 0 Å². The molecule has 2 heterocycles. The number of fused-ring (bicyclic) bond motifs is 1. The molecule has 0 aliphatic carbocycles. The van der Waals surface area contributed by atoms with E-state index in [0.29, 0.717) is 37.6 Å². The lowest BCUT2D eigenvalue weighted by atomic mass is 9.92. The molecule has 0 aromatic heterocycles. The van der Waals surface area contributed by atoms with Crippen molar-refractivity contribution in [2.45, 2.75) is 37.6 Å². The van der Waals surface area contributed by atoms with Gasteiger partial charge >= 0.3 is 0 Å². The van der Waals surface area contributed by atoms with Gasteiger partial charge in [0.15, 0.2) is 11.5 Å². The van der Waals surface area contributed by atoms with Gasteiger partial charge in [0.05, 0.1) is 16.5 Å². The van der Waals surface area contributed by atoms with E-state index in [-0.39, 0.29) is 47.3 Å². The van der Waals surface area contributed by atoms with Crippen LogP contribution in [0.5, 0.6) is 11.5 Å². The van der Waals surface area contributed by atoms with Crippen LogP contribution in [-0.4, -0.2) is 44.9 Å². The summed E-state index contributed by atoms with van der Waals surface area (Å²) in [7, 11) is -3.79. The van der Waals surface area contributed by atoms with Crippen molar-refractivity contribution < 1.29 is 22.7 Å². The maximum atomic E-state index is 13.1. The van der Waals surface area contributed by atoms with Gasteiger partial charge in [-0.3, -0.25) is 4.79 Å². The van der Waals surface area contributed by atoms with Crippen LogP contribution in [0, 0.1) is 23.2 Å². The van der Waals surface area contributed by atoms with Gasteiger partial charge in [0, 0.05) is 19.0 Å². The smallest absolute Gasteiger partial charge is 0.244 e. The highest BCUT2D eigenvalue weighted by molar-refractivity contribution is 7.89. The summed E-state index contributed by atoms with van der Waals surface area (Å²) in [6, 6.07) is 13.7. The second-order valence-corrected chi connectivity index (χ2v) is 10.8. The number of amides is 1. The van der Waals surface area contributed by atoms with Gasteiger partial charge in [0.25, 0.3) is 0 Å². The number of hydrogen-bond acceptors (Lipinski definition) is 6. The van der Waals surface area contributed by atoms with Crippen molar-refractivity contribution in [1.82, 2.24) is 9.62 Å². The zero-order chi connectivity index (χ0) is 24.3. The first-order valence-corrected chi connectivity index (χ1v) is 12.9. The third-order valence-electron chi connectivity index (χ3n) is 6.34. The predicted octanol–water partition coefficient (Wildman–Crippen LogP) is 3.24. The van der Waals surface area contributed by atoms with Crippen molar-refractivity contribution in [3.8, 4) is 17.6 Å². The second kappa shape index (κ2) is 10.0. The number of carbonyl (C=O) groups excluding carboxylic acids is 1. The monoisotopic (exact) mass is 483 g/mol.